The largest absolute Gasteiger partial charge is 0.477 e. The fourth-order valence-corrected chi connectivity index (χ4v) is 5.79. The van der Waals surface area contributed by atoms with Crippen LogP contribution in [0.1, 0.15) is 62.2 Å². The van der Waals surface area contributed by atoms with E-state index in [2.05, 4.69) is 5.32 Å². The molecule has 0 spiro atoms. The summed E-state index contributed by atoms with van der Waals surface area (Å²) in [5.41, 5.74) is -1.73. The van der Waals surface area contributed by atoms with Crippen LogP contribution in [0.2, 0.25) is 0 Å². The van der Waals surface area contributed by atoms with Crippen molar-refractivity contribution >= 4 is 22.6 Å². The maximum atomic E-state index is 16.0. The predicted molar refractivity (Wildman–Crippen MR) is 142 cm³/mol. The number of fused-ring (bicyclic) bond motifs is 1. The van der Waals surface area contributed by atoms with E-state index in [-0.39, 0.29) is 29.7 Å². The van der Waals surface area contributed by atoms with E-state index in [4.69, 9.17) is 9.47 Å². The molecular weight excluding hydrogens is 496 g/mol. The van der Waals surface area contributed by atoms with Crippen molar-refractivity contribution in [1.82, 2.24) is 9.88 Å². The summed E-state index contributed by atoms with van der Waals surface area (Å²) in [6, 6.07) is 0.975. The SMILES string of the molecule is COC(C)OCCn1cc(C(=O)O)c(=O)c2cc(F)c(N3CCC(CCCC4CCNCC4)CC3)c(F)c21. The Labute approximate surface area is 221 Å². The molecule has 0 saturated carbocycles. The Bertz CT molecular complexity index is 1170. The number of hydrogen-bond donors (Lipinski definition) is 2. The highest BCUT2D eigenvalue weighted by Crippen LogP contribution is 2.34. The van der Waals surface area contributed by atoms with Gasteiger partial charge >= 0.3 is 5.97 Å². The highest BCUT2D eigenvalue weighted by molar-refractivity contribution is 5.93. The fraction of sp³-hybridized carbons (Fsp3) is 0.643. The zero-order valence-electron chi connectivity index (χ0n) is 22.3. The lowest BCUT2D eigenvalue weighted by molar-refractivity contribution is -0.112. The lowest BCUT2D eigenvalue weighted by atomic mass is 9.87. The third-order valence-electron chi connectivity index (χ3n) is 8.09. The molecule has 1 unspecified atom stereocenters. The summed E-state index contributed by atoms with van der Waals surface area (Å²) in [5, 5.41) is 12.6. The summed E-state index contributed by atoms with van der Waals surface area (Å²) in [4.78, 5) is 26.2. The Kier molecular flexibility index (Phi) is 9.73. The van der Waals surface area contributed by atoms with Crippen LogP contribution in [0.5, 0.6) is 0 Å². The second-order valence-electron chi connectivity index (χ2n) is 10.5. The minimum Gasteiger partial charge on any atom is -0.477 e. The number of rotatable bonds is 11. The van der Waals surface area contributed by atoms with Gasteiger partial charge in [-0.3, -0.25) is 4.79 Å². The molecule has 210 valence electrons. The molecule has 1 aromatic carbocycles. The number of ether oxygens (including phenoxy) is 2. The van der Waals surface area contributed by atoms with Gasteiger partial charge in [-0.05, 0) is 63.6 Å². The van der Waals surface area contributed by atoms with Gasteiger partial charge in [0.2, 0.25) is 5.43 Å². The van der Waals surface area contributed by atoms with Crippen LogP contribution in [-0.2, 0) is 16.0 Å². The Balaban J connectivity index is 1.52. The van der Waals surface area contributed by atoms with Gasteiger partial charge in [0.1, 0.15) is 17.1 Å². The first-order valence-corrected chi connectivity index (χ1v) is 13.7. The summed E-state index contributed by atoms with van der Waals surface area (Å²) in [7, 11) is 1.48. The summed E-state index contributed by atoms with van der Waals surface area (Å²) in [6.07, 6.45) is 8.37. The number of piperidine rings is 2. The van der Waals surface area contributed by atoms with Crippen molar-refractivity contribution in [1.29, 1.82) is 0 Å². The zero-order chi connectivity index (χ0) is 27.2. The highest BCUT2D eigenvalue weighted by Gasteiger charge is 2.28. The molecule has 3 heterocycles. The number of hydrogen-bond acceptors (Lipinski definition) is 6. The maximum Gasteiger partial charge on any atom is 0.341 e. The number of nitrogens with one attached hydrogen (secondary N) is 1. The van der Waals surface area contributed by atoms with Crippen molar-refractivity contribution in [3.63, 3.8) is 0 Å². The number of carboxylic acids is 1. The first kappa shape index (κ1) is 28.4. The van der Waals surface area contributed by atoms with E-state index < -0.39 is 34.9 Å². The molecular formula is C28H39F2N3O5. The van der Waals surface area contributed by atoms with Crippen molar-refractivity contribution in [3.05, 3.63) is 39.7 Å². The van der Waals surface area contributed by atoms with Crippen LogP contribution >= 0.6 is 0 Å². The number of carbonyl (C=O) groups is 1. The van der Waals surface area contributed by atoms with Crippen molar-refractivity contribution in [2.75, 3.05) is 44.8 Å². The Hall–Kier alpha value is -2.56. The molecule has 0 amide bonds. The van der Waals surface area contributed by atoms with E-state index in [1.807, 2.05) is 0 Å². The average Bonchev–Trinajstić information content (AvgIpc) is 2.91. The Morgan fingerprint density at radius 1 is 1.16 bits per heavy atom. The number of benzene rings is 1. The van der Waals surface area contributed by atoms with E-state index in [0.717, 1.165) is 50.5 Å². The zero-order valence-corrected chi connectivity index (χ0v) is 22.3. The normalized spacial score (nSPS) is 18.3. The molecule has 38 heavy (non-hydrogen) atoms. The minimum absolute atomic E-state index is 0.0614. The van der Waals surface area contributed by atoms with Crippen molar-refractivity contribution in [3.8, 4) is 0 Å². The van der Waals surface area contributed by atoms with Crippen molar-refractivity contribution in [2.24, 2.45) is 11.8 Å². The van der Waals surface area contributed by atoms with Crippen LogP contribution in [0.25, 0.3) is 10.9 Å². The van der Waals surface area contributed by atoms with Gasteiger partial charge in [-0.2, -0.15) is 0 Å². The van der Waals surface area contributed by atoms with Crippen LogP contribution in [0, 0.1) is 23.5 Å². The summed E-state index contributed by atoms with van der Waals surface area (Å²) >= 11 is 0. The molecule has 10 heteroatoms. The van der Waals surface area contributed by atoms with Crippen LogP contribution in [0.15, 0.2) is 17.1 Å². The molecule has 2 fully saturated rings. The third-order valence-corrected chi connectivity index (χ3v) is 8.09. The quantitative estimate of drug-likeness (QED) is 0.413. The van der Waals surface area contributed by atoms with Crippen LogP contribution in [0.3, 0.4) is 0 Å². The molecule has 0 bridgehead atoms. The highest BCUT2D eigenvalue weighted by atomic mass is 19.1. The Morgan fingerprint density at radius 3 is 2.45 bits per heavy atom. The van der Waals surface area contributed by atoms with E-state index in [9.17, 15) is 14.7 Å². The number of pyridine rings is 1. The van der Waals surface area contributed by atoms with Crippen LogP contribution < -0.4 is 15.6 Å². The third kappa shape index (κ3) is 6.52. The second kappa shape index (κ2) is 13.0. The summed E-state index contributed by atoms with van der Waals surface area (Å²) in [6.45, 7) is 5.12. The average molecular weight is 536 g/mol. The van der Waals surface area contributed by atoms with E-state index in [1.165, 1.54) is 37.4 Å². The molecule has 4 rings (SSSR count). The number of aromatic nitrogens is 1. The second-order valence-corrected chi connectivity index (χ2v) is 10.5. The number of nitrogens with zero attached hydrogens (tertiary/aromatic N) is 2. The lowest BCUT2D eigenvalue weighted by Crippen LogP contribution is -2.35. The standard InChI is InChI=1S/C28H39F2N3O5/c1-18(37-2)38-15-14-33-17-22(28(35)36)27(34)21-16-23(29)26(24(30)25(21)33)32-12-8-20(9-13-32)5-3-4-19-6-10-31-11-7-19/h16-20,31H,3-15H2,1-2H3,(H,35,36). The molecule has 0 radical (unpaired) electrons. The van der Waals surface area contributed by atoms with Gasteiger partial charge in [0.25, 0.3) is 0 Å². The number of carboxylic acid groups (broad SMARTS) is 1. The predicted octanol–water partition coefficient (Wildman–Crippen LogP) is 4.37. The number of aromatic carboxylic acids is 1. The first-order valence-electron chi connectivity index (χ1n) is 13.7. The Morgan fingerprint density at radius 2 is 1.82 bits per heavy atom. The molecule has 2 aliphatic rings. The van der Waals surface area contributed by atoms with E-state index in [1.54, 1.807) is 11.8 Å². The monoisotopic (exact) mass is 535 g/mol. The number of anilines is 1. The van der Waals surface area contributed by atoms with Gasteiger partial charge < -0.3 is 29.4 Å². The van der Waals surface area contributed by atoms with Gasteiger partial charge in [0, 0.05) is 32.9 Å². The number of methoxy groups -OCH3 is 1. The molecule has 2 aliphatic heterocycles. The fourth-order valence-electron chi connectivity index (χ4n) is 5.79. The van der Waals surface area contributed by atoms with Crippen molar-refractivity contribution < 1.29 is 28.2 Å². The number of halogens is 2. The smallest absolute Gasteiger partial charge is 0.341 e. The molecule has 2 saturated heterocycles. The summed E-state index contributed by atoms with van der Waals surface area (Å²) < 4.78 is 43.1. The van der Waals surface area contributed by atoms with Gasteiger partial charge in [-0.1, -0.05) is 19.3 Å². The topological polar surface area (TPSA) is 93.0 Å². The lowest BCUT2D eigenvalue weighted by Gasteiger charge is -2.34. The van der Waals surface area contributed by atoms with Crippen LogP contribution in [-0.4, -0.2) is 61.8 Å². The van der Waals surface area contributed by atoms with E-state index >= 15 is 8.78 Å². The molecule has 1 aromatic heterocycles. The van der Waals surface area contributed by atoms with Crippen molar-refractivity contribution in [2.45, 2.75) is 64.7 Å². The maximum absolute atomic E-state index is 16.0. The molecule has 1 atom stereocenters. The summed E-state index contributed by atoms with van der Waals surface area (Å²) in [5.74, 6) is -1.81. The van der Waals surface area contributed by atoms with Gasteiger partial charge in [0.05, 0.1) is 17.5 Å². The molecule has 2 aromatic rings. The van der Waals surface area contributed by atoms with Gasteiger partial charge in [-0.15, -0.1) is 0 Å². The van der Waals surface area contributed by atoms with Gasteiger partial charge in [-0.25, -0.2) is 13.6 Å². The minimum atomic E-state index is -1.45. The van der Waals surface area contributed by atoms with E-state index in [0.29, 0.717) is 19.0 Å². The molecule has 8 nitrogen and oxygen atoms in total. The first-order chi connectivity index (χ1) is 18.3. The molecule has 2 N–H and O–H groups in total. The molecule has 0 aliphatic carbocycles. The van der Waals surface area contributed by atoms with Crippen LogP contribution in [0.4, 0.5) is 14.5 Å². The van der Waals surface area contributed by atoms with Gasteiger partial charge in [0.15, 0.2) is 12.1 Å².